The van der Waals surface area contributed by atoms with Gasteiger partial charge in [-0.25, -0.2) is 0 Å². The summed E-state index contributed by atoms with van der Waals surface area (Å²) in [5, 5.41) is 0. The van der Waals surface area contributed by atoms with Gasteiger partial charge in [-0.05, 0) is 44.4 Å². The first-order valence-electron chi connectivity index (χ1n) is 17.2. The summed E-state index contributed by atoms with van der Waals surface area (Å²) in [7, 11) is 0. The van der Waals surface area contributed by atoms with E-state index in [1.54, 1.807) is 0 Å². The first-order chi connectivity index (χ1) is 24.1. The van der Waals surface area contributed by atoms with Crippen molar-refractivity contribution in [3.63, 3.8) is 0 Å². The van der Waals surface area contributed by atoms with Crippen molar-refractivity contribution in [3.8, 4) is 0 Å². The number of hydrogen-bond acceptors (Lipinski definition) is 11. The molecule has 11 heteroatoms. The van der Waals surface area contributed by atoms with Crippen LogP contribution in [0.15, 0.2) is 91.0 Å². The van der Waals surface area contributed by atoms with Gasteiger partial charge < -0.3 is 47.4 Å². The maximum absolute atomic E-state index is 14.2. The standard InChI is InChI=1S/C39H46O11/c1-38(2)47-32-29(46-37-35(34(32)48-38)49-39(3,4)50-37)24-44-36-30(40)33(43-22-27-18-12-7-13-19-27)31(42-21-26-16-10-6-11-17-26)28(45-36)23-41-20-25-14-8-5-9-15-25/h5-19,28-29,31-37H,20-24H2,1-4H3/t28-,29-,31-,32+,33-,34+,35-,36-,37-/m1/s1. The van der Waals surface area contributed by atoms with Crippen molar-refractivity contribution in [1.82, 2.24) is 0 Å². The van der Waals surface area contributed by atoms with Crippen LogP contribution in [-0.4, -0.2) is 85.9 Å². The predicted molar refractivity (Wildman–Crippen MR) is 178 cm³/mol. The Labute approximate surface area is 292 Å². The molecular weight excluding hydrogens is 644 g/mol. The second-order valence-electron chi connectivity index (χ2n) is 13.9. The number of rotatable bonds is 13. The molecule has 0 amide bonds. The Kier molecular flexibility index (Phi) is 10.8. The molecule has 0 aliphatic carbocycles. The lowest BCUT2D eigenvalue weighted by molar-refractivity contribution is -0.279. The van der Waals surface area contributed by atoms with Crippen molar-refractivity contribution >= 4 is 5.78 Å². The molecule has 50 heavy (non-hydrogen) atoms. The van der Waals surface area contributed by atoms with Gasteiger partial charge in [0.2, 0.25) is 12.1 Å². The fraction of sp³-hybridized carbons (Fsp3) is 0.513. The maximum Gasteiger partial charge on any atom is 0.221 e. The molecule has 3 aromatic carbocycles. The van der Waals surface area contributed by atoms with Gasteiger partial charge in [-0.3, -0.25) is 4.79 Å². The average Bonchev–Trinajstić information content (AvgIpc) is 3.61. The number of ketones is 1. The van der Waals surface area contributed by atoms with Gasteiger partial charge >= 0.3 is 0 Å². The van der Waals surface area contributed by atoms with E-state index in [1.165, 1.54) is 0 Å². The van der Waals surface area contributed by atoms with E-state index < -0.39 is 72.7 Å². The average molecular weight is 691 g/mol. The minimum Gasteiger partial charge on any atom is -0.374 e. The van der Waals surface area contributed by atoms with Crippen LogP contribution in [0.1, 0.15) is 44.4 Å². The summed E-state index contributed by atoms with van der Waals surface area (Å²) in [6.45, 7) is 8.24. The Morgan fingerprint density at radius 1 is 0.560 bits per heavy atom. The molecule has 4 saturated heterocycles. The SMILES string of the molecule is CC1(C)O[C@H]2[C@@H](O1)[C@@H](CO[C@@H]1O[C@H](COCc3ccccc3)[C@@H](OCc3ccccc3)[C@H](OCc3ccccc3)C1=O)O[C@@H]1OC(C)(C)O[C@@H]12. The fourth-order valence-electron chi connectivity index (χ4n) is 6.83. The second-order valence-corrected chi connectivity index (χ2v) is 13.9. The lowest BCUT2D eigenvalue weighted by Gasteiger charge is -2.41. The van der Waals surface area contributed by atoms with Crippen LogP contribution in [0.2, 0.25) is 0 Å². The van der Waals surface area contributed by atoms with Crippen LogP contribution in [0.25, 0.3) is 0 Å². The lowest BCUT2D eigenvalue weighted by atomic mass is 9.98. The molecule has 0 aromatic heterocycles. The number of hydrogen-bond donors (Lipinski definition) is 0. The summed E-state index contributed by atoms with van der Waals surface area (Å²) in [4.78, 5) is 14.2. The summed E-state index contributed by atoms with van der Waals surface area (Å²) in [5.74, 6) is -2.13. The molecule has 0 saturated carbocycles. The molecule has 0 spiro atoms. The Bertz CT molecular complexity index is 1540. The van der Waals surface area contributed by atoms with Gasteiger partial charge in [-0.15, -0.1) is 0 Å². The Hall–Kier alpha value is -3.07. The first-order valence-corrected chi connectivity index (χ1v) is 17.2. The third-order valence-corrected chi connectivity index (χ3v) is 9.09. The van der Waals surface area contributed by atoms with Crippen LogP contribution in [0, 0.1) is 0 Å². The summed E-state index contributed by atoms with van der Waals surface area (Å²) in [6.07, 6.45) is -6.58. The third kappa shape index (κ3) is 8.35. The quantitative estimate of drug-likeness (QED) is 0.240. The molecule has 4 fully saturated rings. The Morgan fingerprint density at radius 3 is 1.74 bits per heavy atom. The van der Waals surface area contributed by atoms with E-state index in [-0.39, 0.29) is 26.4 Å². The van der Waals surface area contributed by atoms with Crippen LogP contribution >= 0.6 is 0 Å². The van der Waals surface area contributed by atoms with E-state index >= 15 is 0 Å². The number of ether oxygens (including phenoxy) is 10. The lowest BCUT2D eigenvalue weighted by Crippen LogP contribution is -2.60. The van der Waals surface area contributed by atoms with Gasteiger partial charge in [-0.2, -0.15) is 0 Å². The van der Waals surface area contributed by atoms with Crippen LogP contribution < -0.4 is 0 Å². The van der Waals surface area contributed by atoms with Crippen molar-refractivity contribution < 1.29 is 52.2 Å². The number of Topliss-reactive ketones (excluding diaryl/α,β-unsaturated/α-hetero) is 1. The zero-order valence-electron chi connectivity index (χ0n) is 28.9. The zero-order chi connectivity index (χ0) is 34.7. The molecule has 0 bridgehead atoms. The highest BCUT2D eigenvalue weighted by atomic mass is 16.9. The molecule has 4 aliphatic rings. The van der Waals surface area contributed by atoms with Crippen LogP contribution in [0.3, 0.4) is 0 Å². The van der Waals surface area contributed by atoms with Gasteiger partial charge in [0.15, 0.2) is 24.0 Å². The third-order valence-electron chi connectivity index (χ3n) is 9.09. The molecule has 268 valence electrons. The van der Waals surface area contributed by atoms with Crippen molar-refractivity contribution in [1.29, 1.82) is 0 Å². The topological polar surface area (TPSA) is 109 Å². The largest absolute Gasteiger partial charge is 0.374 e. The Balaban J connectivity index is 1.10. The number of carbonyl (C=O) groups is 1. The van der Waals surface area contributed by atoms with Gasteiger partial charge in [0.05, 0.1) is 33.0 Å². The van der Waals surface area contributed by atoms with Crippen LogP contribution in [0.5, 0.6) is 0 Å². The highest BCUT2D eigenvalue weighted by Crippen LogP contribution is 2.44. The van der Waals surface area contributed by atoms with E-state index in [1.807, 2.05) is 119 Å². The molecule has 7 rings (SSSR count). The minimum absolute atomic E-state index is 0.0391. The Morgan fingerprint density at radius 2 is 1.10 bits per heavy atom. The summed E-state index contributed by atoms with van der Waals surface area (Å²) >= 11 is 0. The predicted octanol–water partition coefficient (Wildman–Crippen LogP) is 5.08. The highest BCUT2D eigenvalue weighted by Gasteiger charge is 2.61. The normalized spacial score (nSPS) is 32.8. The van der Waals surface area contributed by atoms with Gasteiger partial charge in [0.25, 0.3) is 0 Å². The molecule has 4 aliphatic heterocycles. The molecule has 4 heterocycles. The number of carbonyl (C=O) groups excluding carboxylic acids is 1. The molecule has 0 N–H and O–H groups in total. The van der Waals surface area contributed by atoms with E-state index in [2.05, 4.69) is 0 Å². The summed E-state index contributed by atoms with van der Waals surface area (Å²) in [6, 6.07) is 29.3. The van der Waals surface area contributed by atoms with E-state index in [0.29, 0.717) is 6.61 Å². The molecular formula is C39H46O11. The van der Waals surface area contributed by atoms with Gasteiger partial charge in [-0.1, -0.05) is 91.0 Å². The van der Waals surface area contributed by atoms with Gasteiger partial charge in [0, 0.05) is 0 Å². The molecule has 3 aromatic rings. The molecule has 9 atom stereocenters. The van der Waals surface area contributed by atoms with E-state index in [4.69, 9.17) is 47.4 Å². The summed E-state index contributed by atoms with van der Waals surface area (Å²) < 4.78 is 62.7. The first kappa shape index (κ1) is 35.3. The second kappa shape index (κ2) is 15.3. The highest BCUT2D eigenvalue weighted by molar-refractivity contribution is 5.87. The van der Waals surface area contributed by atoms with E-state index in [9.17, 15) is 4.79 Å². The number of fused-ring (bicyclic) bond motifs is 3. The smallest absolute Gasteiger partial charge is 0.221 e. The summed E-state index contributed by atoms with van der Waals surface area (Å²) in [5.41, 5.74) is 2.88. The van der Waals surface area contributed by atoms with Crippen LogP contribution in [-0.2, 0) is 72.0 Å². The van der Waals surface area contributed by atoms with Gasteiger partial charge in [0.1, 0.15) is 36.6 Å². The van der Waals surface area contributed by atoms with Crippen molar-refractivity contribution in [2.24, 2.45) is 0 Å². The molecule has 0 unspecified atom stereocenters. The van der Waals surface area contributed by atoms with Crippen LogP contribution in [0.4, 0.5) is 0 Å². The monoisotopic (exact) mass is 690 g/mol. The molecule has 11 nitrogen and oxygen atoms in total. The van der Waals surface area contributed by atoms with Crippen molar-refractivity contribution in [3.05, 3.63) is 108 Å². The van der Waals surface area contributed by atoms with Crippen molar-refractivity contribution in [2.45, 2.75) is 114 Å². The fourth-order valence-corrected chi connectivity index (χ4v) is 6.83. The minimum atomic E-state index is -1.29. The maximum atomic E-state index is 14.2. The van der Waals surface area contributed by atoms with E-state index in [0.717, 1.165) is 16.7 Å². The zero-order valence-corrected chi connectivity index (χ0v) is 28.9. The van der Waals surface area contributed by atoms with Crippen molar-refractivity contribution in [2.75, 3.05) is 13.2 Å². The number of benzene rings is 3. The molecule has 0 radical (unpaired) electrons.